The second-order valence-electron chi connectivity index (χ2n) is 6.59. The van der Waals surface area contributed by atoms with Gasteiger partial charge in [-0.2, -0.15) is 0 Å². The molecular formula is C21H22N2O6. The molecular weight excluding hydrogens is 376 g/mol. The third kappa shape index (κ3) is 5.25. The summed E-state index contributed by atoms with van der Waals surface area (Å²) in [5.74, 6) is -0.444. The van der Waals surface area contributed by atoms with E-state index in [4.69, 9.17) is 14.2 Å². The van der Waals surface area contributed by atoms with Crippen LogP contribution in [0.4, 0.5) is 0 Å². The zero-order valence-corrected chi connectivity index (χ0v) is 16.3. The maximum atomic E-state index is 12.2. The monoisotopic (exact) mass is 398 g/mol. The van der Waals surface area contributed by atoms with Gasteiger partial charge in [-0.15, -0.1) is 0 Å². The Kier molecular flexibility index (Phi) is 6.33. The Labute approximate surface area is 168 Å². The summed E-state index contributed by atoms with van der Waals surface area (Å²) in [4.78, 5) is 37.6. The van der Waals surface area contributed by atoms with Crippen molar-refractivity contribution in [1.29, 1.82) is 0 Å². The Morgan fingerprint density at radius 1 is 1.10 bits per heavy atom. The molecule has 1 aliphatic heterocycles. The molecule has 0 radical (unpaired) electrons. The van der Waals surface area contributed by atoms with Crippen LogP contribution in [0.3, 0.4) is 0 Å². The summed E-state index contributed by atoms with van der Waals surface area (Å²) in [6.07, 6.45) is 0. The first-order valence-corrected chi connectivity index (χ1v) is 9.06. The molecule has 0 aromatic heterocycles. The Balaban J connectivity index is 1.41. The van der Waals surface area contributed by atoms with Gasteiger partial charge < -0.3 is 24.4 Å². The van der Waals surface area contributed by atoms with E-state index in [1.165, 1.54) is 11.0 Å². The normalized spacial score (nSPS) is 11.7. The van der Waals surface area contributed by atoms with E-state index < -0.39 is 11.9 Å². The van der Waals surface area contributed by atoms with Gasteiger partial charge in [-0.1, -0.05) is 24.3 Å². The highest BCUT2D eigenvalue weighted by molar-refractivity contribution is 5.96. The fourth-order valence-corrected chi connectivity index (χ4v) is 2.73. The van der Waals surface area contributed by atoms with Crippen molar-refractivity contribution in [1.82, 2.24) is 10.2 Å². The predicted molar refractivity (Wildman–Crippen MR) is 104 cm³/mol. The number of nitrogens with one attached hydrogen (secondary N) is 1. The van der Waals surface area contributed by atoms with Gasteiger partial charge in [0, 0.05) is 19.2 Å². The van der Waals surface area contributed by atoms with Crippen LogP contribution in [0.15, 0.2) is 42.5 Å². The van der Waals surface area contributed by atoms with Crippen molar-refractivity contribution in [3.8, 4) is 11.5 Å². The molecule has 1 aliphatic rings. The Bertz CT molecular complexity index is 927. The molecule has 0 saturated heterocycles. The highest BCUT2D eigenvalue weighted by Gasteiger charge is 2.17. The van der Waals surface area contributed by atoms with Crippen molar-refractivity contribution < 1.29 is 28.6 Å². The molecule has 29 heavy (non-hydrogen) atoms. The highest BCUT2D eigenvalue weighted by Crippen LogP contribution is 2.32. The lowest BCUT2D eigenvalue weighted by molar-refractivity contribution is -0.150. The minimum absolute atomic E-state index is 0.110. The van der Waals surface area contributed by atoms with E-state index in [9.17, 15) is 14.4 Å². The minimum atomic E-state index is -0.697. The smallest absolute Gasteiger partial charge is 0.325 e. The number of likely N-dealkylation sites (N-methyl/N-ethyl adjacent to an activating group) is 1. The molecule has 0 unspecified atom stereocenters. The van der Waals surface area contributed by atoms with Gasteiger partial charge in [-0.05, 0) is 36.2 Å². The van der Waals surface area contributed by atoms with Gasteiger partial charge in [0.15, 0.2) is 18.1 Å². The van der Waals surface area contributed by atoms with Crippen LogP contribution >= 0.6 is 0 Å². The van der Waals surface area contributed by atoms with E-state index in [2.05, 4.69) is 5.32 Å². The molecule has 2 amide bonds. The van der Waals surface area contributed by atoms with Crippen LogP contribution in [0.5, 0.6) is 11.5 Å². The number of ether oxygens (including phenoxy) is 3. The topological polar surface area (TPSA) is 94.2 Å². The van der Waals surface area contributed by atoms with Crippen LogP contribution in [0.25, 0.3) is 0 Å². The van der Waals surface area contributed by atoms with Crippen LogP contribution in [0.1, 0.15) is 21.5 Å². The lowest BCUT2D eigenvalue weighted by atomic mass is 10.1. The number of rotatable bonds is 7. The van der Waals surface area contributed by atoms with Crippen LogP contribution in [0.2, 0.25) is 0 Å². The summed E-state index contributed by atoms with van der Waals surface area (Å²) in [5, 5.41) is 2.46. The van der Waals surface area contributed by atoms with Gasteiger partial charge in [-0.25, -0.2) is 0 Å². The molecule has 2 aromatic carbocycles. The van der Waals surface area contributed by atoms with E-state index >= 15 is 0 Å². The van der Waals surface area contributed by atoms with Crippen LogP contribution in [-0.4, -0.2) is 49.7 Å². The molecule has 8 heteroatoms. The molecule has 0 bridgehead atoms. The lowest BCUT2D eigenvalue weighted by Gasteiger charge is -2.18. The first-order chi connectivity index (χ1) is 13.9. The number of fused-ring (bicyclic) bond motifs is 1. The van der Waals surface area contributed by atoms with Crippen molar-refractivity contribution in [2.45, 2.75) is 13.5 Å². The Hall–Kier alpha value is -3.55. The number of carbonyl (C=O) groups excluding carboxylic acids is 3. The largest absolute Gasteiger partial charge is 0.454 e. The van der Waals surface area contributed by atoms with E-state index in [0.717, 1.165) is 11.1 Å². The van der Waals surface area contributed by atoms with Crippen molar-refractivity contribution in [2.75, 3.05) is 27.0 Å². The fraction of sp³-hybridized carbons (Fsp3) is 0.286. The maximum Gasteiger partial charge on any atom is 0.325 e. The van der Waals surface area contributed by atoms with E-state index in [0.29, 0.717) is 23.6 Å². The minimum Gasteiger partial charge on any atom is -0.454 e. The number of esters is 1. The lowest BCUT2D eigenvalue weighted by Crippen LogP contribution is -2.34. The Morgan fingerprint density at radius 3 is 2.66 bits per heavy atom. The summed E-state index contributed by atoms with van der Waals surface area (Å²) in [6.45, 7) is 1.77. The molecule has 0 aliphatic carbocycles. The summed E-state index contributed by atoms with van der Waals surface area (Å²) in [5.41, 5.74) is 2.43. The number of carbonyl (C=O) groups is 3. The summed E-state index contributed by atoms with van der Waals surface area (Å²) < 4.78 is 15.4. The summed E-state index contributed by atoms with van der Waals surface area (Å²) in [6, 6.07) is 12.5. The van der Waals surface area contributed by atoms with Crippen molar-refractivity contribution >= 4 is 17.8 Å². The molecule has 0 spiro atoms. The highest BCUT2D eigenvalue weighted by atomic mass is 16.7. The van der Waals surface area contributed by atoms with E-state index in [-0.39, 0.29) is 25.9 Å². The van der Waals surface area contributed by atoms with Gasteiger partial charge in [0.05, 0.1) is 0 Å². The molecule has 3 rings (SSSR count). The average molecular weight is 398 g/mol. The quantitative estimate of drug-likeness (QED) is 0.713. The number of nitrogens with zero attached hydrogens (tertiary/aromatic N) is 1. The second-order valence-corrected chi connectivity index (χ2v) is 6.59. The number of aryl methyl sites for hydroxylation is 1. The zero-order valence-electron chi connectivity index (χ0n) is 16.3. The van der Waals surface area contributed by atoms with Gasteiger partial charge in [0.2, 0.25) is 6.79 Å². The molecule has 1 heterocycles. The molecule has 0 atom stereocenters. The van der Waals surface area contributed by atoms with E-state index in [1.807, 2.05) is 31.2 Å². The van der Waals surface area contributed by atoms with Gasteiger partial charge in [0.1, 0.15) is 6.54 Å². The van der Waals surface area contributed by atoms with Crippen LogP contribution in [-0.2, 0) is 20.9 Å². The zero-order chi connectivity index (χ0) is 20.8. The number of hydrogen-bond donors (Lipinski definition) is 1. The SMILES string of the molecule is Cc1ccccc1CN(C)C(=O)COC(=O)CNC(=O)c1ccc2c(c1)OCO2. The standard InChI is InChI=1S/C21H22N2O6/c1-14-5-3-4-6-16(14)11-23(2)19(24)12-27-20(25)10-22-21(26)15-7-8-17-18(9-15)29-13-28-17/h3-9H,10-13H2,1-2H3,(H,22,26). The van der Waals surface area contributed by atoms with Crippen molar-refractivity contribution in [2.24, 2.45) is 0 Å². The third-order valence-corrected chi connectivity index (χ3v) is 4.48. The molecule has 2 aromatic rings. The first-order valence-electron chi connectivity index (χ1n) is 9.06. The second kappa shape index (κ2) is 9.09. The Morgan fingerprint density at radius 2 is 1.86 bits per heavy atom. The first kappa shape index (κ1) is 20.2. The number of hydrogen-bond acceptors (Lipinski definition) is 6. The molecule has 8 nitrogen and oxygen atoms in total. The van der Waals surface area contributed by atoms with Gasteiger partial charge in [-0.3, -0.25) is 14.4 Å². The summed E-state index contributed by atoms with van der Waals surface area (Å²) in [7, 11) is 1.64. The average Bonchev–Trinajstić information content (AvgIpc) is 3.19. The molecule has 0 saturated carbocycles. The molecule has 0 fully saturated rings. The number of benzene rings is 2. The molecule has 152 valence electrons. The van der Waals surface area contributed by atoms with Gasteiger partial charge in [0.25, 0.3) is 11.8 Å². The third-order valence-electron chi connectivity index (χ3n) is 4.48. The van der Waals surface area contributed by atoms with Crippen molar-refractivity contribution in [3.05, 3.63) is 59.2 Å². The van der Waals surface area contributed by atoms with Gasteiger partial charge >= 0.3 is 5.97 Å². The number of amides is 2. The van der Waals surface area contributed by atoms with Crippen LogP contribution in [0, 0.1) is 6.92 Å². The predicted octanol–water partition coefficient (Wildman–Crippen LogP) is 1.66. The molecule has 1 N–H and O–H groups in total. The maximum absolute atomic E-state index is 12.2. The fourth-order valence-electron chi connectivity index (χ4n) is 2.73. The van der Waals surface area contributed by atoms with E-state index in [1.54, 1.807) is 19.2 Å². The van der Waals surface area contributed by atoms with Crippen LogP contribution < -0.4 is 14.8 Å². The van der Waals surface area contributed by atoms with Crippen molar-refractivity contribution in [3.63, 3.8) is 0 Å². The summed E-state index contributed by atoms with van der Waals surface area (Å²) >= 11 is 0.